The summed E-state index contributed by atoms with van der Waals surface area (Å²) in [6, 6.07) is 2.61. The molecule has 14 heavy (non-hydrogen) atoms. The molecule has 0 fully saturated rings. The zero-order valence-corrected chi connectivity index (χ0v) is 9.84. The summed E-state index contributed by atoms with van der Waals surface area (Å²) in [6.45, 7) is 0. The van der Waals surface area contributed by atoms with Crippen LogP contribution in [-0.2, 0) is 9.53 Å². The van der Waals surface area contributed by atoms with Gasteiger partial charge in [-0.15, -0.1) is 12.4 Å². The van der Waals surface area contributed by atoms with Gasteiger partial charge < -0.3 is 10.5 Å². The van der Waals surface area contributed by atoms with Gasteiger partial charge in [0.2, 0.25) is 0 Å². The Bertz CT molecular complexity index is 322. The fraction of sp³-hybridized carbons (Fsp3) is 0.250. The normalized spacial score (nSPS) is 11.4. The van der Waals surface area contributed by atoms with Gasteiger partial charge in [0.25, 0.3) is 0 Å². The molecule has 0 aliphatic rings. The average Bonchev–Trinajstić information content (AvgIpc) is 2.15. The van der Waals surface area contributed by atoms with Crippen molar-refractivity contribution in [3.8, 4) is 0 Å². The second kappa shape index (κ2) is 5.95. The highest BCUT2D eigenvalue weighted by atomic mass is 79.9. The van der Waals surface area contributed by atoms with E-state index in [2.05, 4.69) is 25.7 Å². The van der Waals surface area contributed by atoms with Crippen molar-refractivity contribution in [1.82, 2.24) is 4.98 Å². The number of carbonyl (C=O) groups excluding carboxylic acids is 1. The van der Waals surface area contributed by atoms with E-state index in [1.807, 2.05) is 0 Å². The maximum atomic E-state index is 11.0. The maximum absolute atomic E-state index is 11.0. The molecule has 0 aliphatic heterocycles. The van der Waals surface area contributed by atoms with Crippen LogP contribution >= 0.6 is 28.3 Å². The van der Waals surface area contributed by atoms with Crippen LogP contribution in [0.25, 0.3) is 0 Å². The van der Waals surface area contributed by atoms with Gasteiger partial charge in [0.1, 0.15) is 10.6 Å². The van der Waals surface area contributed by atoms with Gasteiger partial charge in [0.15, 0.2) is 0 Å². The van der Waals surface area contributed by atoms with Crippen LogP contribution in [-0.4, -0.2) is 18.1 Å². The number of nitrogens with two attached hydrogens (primary N) is 1. The number of esters is 1. The lowest BCUT2D eigenvalue weighted by Gasteiger charge is -2.08. The first-order valence-corrected chi connectivity index (χ1v) is 4.39. The van der Waals surface area contributed by atoms with E-state index < -0.39 is 12.0 Å². The number of hydrogen-bond donors (Lipinski definition) is 1. The third kappa shape index (κ3) is 3.25. The van der Waals surface area contributed by atoms with Gasteiger partial charge in [-0.05, 0) is 33.6 Å². The summed E-state index contributed by atoms with van der Waals surface area (Å²) in [7, 11) is 1.30. The van der Waals surface area contributed by atoms with E-state index in [1.54, 1.807) is 18.3 Å². The minimum atomic E-state index is -0.746. The number of rotatable bonds is 2. The van der Waals surface area contributed by atoms with E-state index in [0.717, 1.165) is 0 Å². The molecule has 1 aromatic rings. The van der Waals surface area contributed by atoms with Crippen molar-refractivity contribution < 1.29 is 9.53 Å². The number of aromatic nitrogens is 1. The number of pyridine rings is 1. The number of nitrogens with zero attached hydrogens (tertiary/aromatic N) is 1. The molecule has 4 nitrogen and oxygen atoms in total. The molecular formula is C8H10BrClN2O2. The highest BCUT2D eigenvalue weighted by molar-refractivity contribution is 9.10. The van der Waals surface area contributed by atoms with E-state index in [-0.39, 0.29) is 12.4 Å². The minimum absolute atomic E-state index is 0. The zero-order chi connectivity index (χ0) is 9.84. The highest BCUT2D eigenvalue weighted by Gasteiger charge is 2.15. The number of methoxy groups -OCH3 is 1. The summed E-state index contributed by atoms with van der Waals surface area (Å²) in [5.41, 5.74) is 6.27. The Labute approximate surface area is 96.4 Å². The van der Waals surface area contributed by atoms with Crippen LogP contribution in [0.15, 0.2) is 22.9 Å². The van der Waals surface area contributed by atoms with Gasteiger partial charge in [-0.1, -0.05) is 0 Å². The number of hydrogen-bond acceptors (Lipinski definition) is 4. The van der Waals surface area contributed by atoms with Crippen LogP contribution in [0.1, 0.15) is 11.6 Å². The number of halogens is 2. The van der Waals surface area contributed by atoms with Gasteiger partial charge in [-0.3, -0.25) is 4.79 Å². The molecule has 0 spiro atoms. The Kier molecular flexibility index (Phi) is 5.68. The Hall–Kier alpha value is -0.650. The summed E-state index contributed by atoms with van der Waals surface area (Å²) in [4.78, 5) is 15.0. The van der Waals surface area contributed by atoms with Crippen molar-refractivity contribution in [1.29, 1.82) is 0 Å². The van der Waals surface area contributed by atoms with Gasteiger partial charge >= 0.3 is 5.97 Å². The monoisotopic (exact) mass is 280 g/mol. The molecule has 2 N–H and O–H groups in total. The molecule has 0 aliphatic carbocycles. The molecular weight excluding hydrogens is 271 g/mol. The van der Waals surface area contributed by atoms with Crippen molar-refractivity contribution in [2.45, 2.75) is 6.04 Å². The van der Waals surface area contributed by atoms with E-state index >= 15 is 0 Å². The molecule has 0 unspecified atom stereocenters. The summed E-state index contributed by atoms with van der Waals surface area (Å²) in [5, 5.41) is 0. The van der Waals surface area contributed by atoms with E-state index in [9.17, 15) is 4.79 Å². The number of ether oxygens (including phenoxy) is 1. The fourth-order valence-electron chi connectivity index (χ4n) is 0.874. The molecule has 0 amide bonds. The van der Waals surface area contributed by atoms with Crippen LogP contribution in [0.5, 0.6) is 0 Å². The van der Waals surface area contributed by atoms with Crippen LogP contribution in [0.3, 0.4) is 0 Å². The molecule has 78 valence electrons. The standard InChI is InChI=1S/C8H9BrN2O2.ClH/c1-13-8(12)7(10)5-2-3-11-6(9)4-5;/h2-4,7H,10H2,1H3;1H/t7-;/m0./s1. The molecule has 0 bridgehead atoms. The predicted octanol–water partition coefficient (Wildman–Crippen LogP) is 1.44. The summed E-state index contributed by atoms with van der Waals surface area (Å²) >= 11 is 3.18. The van der Waals surface area contributed by atoms with Crippen LogP contribution in [0.2, 0.25) is 0 Å². The molecule has 0 saturated carbocycles. The summed E-state index contributed by atoms with van der Waals surface area (Å²) in [5.74, 6) is -0.460. The Balaban J connectivity index is 0.00000169. The second-order valence-electron chi connectivity index (χ2n) is 2.41. The minimum Gasteiger partial charge on any atom is -0.468 e. The van der Waals surface area contributed by atoms with Gasteiger partial charge in [-0.25, -0.2) is 4.98 Å². The number of carbonyl (C=O) groups is 1. The highest BCUT2D eigenvalue weighted by Crippen LogP contribution is 2.14. The van der Waals surface area contributed by atoms with Gasteiger partial charge in [0, 0.05) is 6.20 Å². The predicted molar refractivity (Wildman–Crippen MR) is 58.1 cm³/mol. The third-order valence-corrected chi connectivity index (χ3v) is 2.00. The molecule has 0 radical (unpaired) electrons. The molecule has 1 heterocycles. The Morgan fingerprint density at radius 3 is 2.86 bits per heavy atom. The fourth-order valence-corrected chi connectivity index (χ4v) is 1.26. The first-order valence-electron chi connectivity index (χ1n) is 3.60. The smallest absolute Gasteiger partial charge is 0.327 e. The van der Waals surface area contributed by atoms with Gasteiger partial charge in [-0.2, -0.15) is 0 Å². The SMILES string of the molecule is COC(=O)[C@@H](N)c1ccnc(Br)c1.Cl. The first-order chi connectivity index (χ1) is 6.15. The van der Waals surface area contributed by atoms with E-state index in [0.29, 0.717) is 10.2 Å². The Morgan fingerprint density at radius 2 is 2.36 bits per heavy atom. The lowest BCUT2D eigenvalue weighted by Crippen LogP contribution is -2.22. The molecule has 6 heteroatoms. The van der Waals surface area contributed by atoms with Crippen molar-refractivity contribution in [2.24, 2.45) is 5.73 Å². The van der Waals surface area contributed by atoms with Crippen LogP contribution in [0.4, 0.5) is 0 Å². The first kappa shape index (κ1) is 13.4. The van der Waals surface area contributed by atoms with E-state index in [1.165, 1.54) is 7.11 Å². The van der Waals surface area contributed by atoms with Crippen LogP contribution < -0.4 is 5.73 Å². The van der Waals surface area contributed by atoms with Crippen molar-refractivity contribution in [3.63, 3.8) is 0 Å². The summed E-state index contributed by atoms with van der Waals surface area (Å²) in [6.07, 6.45) is 1.57. The van der Waals surface area contributed by atoms with Crippen molar-refractivity contribution in [2.75, 3.05) is 7.11 Å². The Morgan fingerprint density at radius 1 is 1.71 bits per heavy atom. The summed E-state index contributed by atoms with van der Waals surface area (Å²) < 4.78 is 5.15. The molecule has 1 aromatic heterocycles. The molecule has 0 saturated heterocycles. The van der Waals surface area contributed by atoms with Gasteiger partial charge in [0.05, 0.1) is 7.11 Å². The molecule has 1 atom stereocenters. The van der Waals surface area contributed by atoms with Crippen molar-refractivity contribution in [3.05, 3.63) is 28.5 Å². The lowest BCUT2D eigenvalue weighted by molar-refractivity contribution is -0.142. The molecule has 0 aromatic carbocycles. The lowest BCUT2D eigenvalue weighted by atomic mass is 10.1. The van der Waals surface area contributed by atoms with Crippen LogP contribution in [0, 0.1) is 0 Å². The molecule has 1 rings (SSSR count). The zero-order valence-electron chi connectivity index (χ0n) is 7.44. The second-order valence-corrected chi connectivity index (χ2v) is 3.23. The van der Waals surface area contributed by atoms with E-state index in [4.69, 9.17) is 5.73 Å². The largest absolute Gasteiger partial charge is 0.468 e. The maximum Gasteiger partial charge on any atom is 0.327 e. The topological polar surface area (TPSA) is 65.2 Å². The third-order valence-electron chi connectivity index (χ3n) is 1.56. The van der Waals surface area contributed by atoms with Crippen molar-refractivity contribution >= 4 is 34.3 Å². The quantitative estimate of drug-likeness (QED) is 0.658. The average molecular weight is 282 g/mol.